The van der Waals surface area contributed by atoms with Crippen molar-refractivity contribution in [1.82, 2.24) is 10.6 Å². The Bertz CT molecular complexity index is 384. The number of nitrogens with one attached hydrogen (secondary N) is 2. The maximum Gasteiger partial charge on any atom is 0.246 e. The zero-order chi connectivity index (χ0) is 14.8. The summed E-state index contributed by atoms with van der Waals surface area (Å²) in [5.41, 5.74) is -1.10. The summed E-state index contributed by atoms with van der Waals surface area (Å²) in [6, 6.07) is 0. The molecule has 1 fully saturated rings. The van der Waals surface area contributed by atoms with Gasteiger partial charge in [-0.25, -0.2) is 0 Å². The average Bonchev–Trinajstić information content (AvgIpc) is 2.52. The maximum atomic E-state index is 12.6. The van der Waals surface area contributed by atoms with Gasteiger partial charge >= 0.3 is 0 Å². The number of hydrogen-bond donors (Lipinski definition) is 2. The highest BCUT2D eigenvalue weighted by atomic mass is 16.2. The van der Waals surface area contributed by atoms with Gasteiger partial charge in [-0.15, -0.1) is 6.58 Å². The van der Waals surface area contributed by atoms with Gasteiger partial charge in [-0.2, -0.15) is 0 Å². The second kappa shape index (κ2) is 5.35. The van der Waals surface area contributed by atoms with Crippen molar-refractivity contribution in [1.29, 1.82) is 0 Å². The summed E-state index contributed by atoms with van der Waals surface area (Å²) in [5.74, 6) is 0.347. The molecule has 0 spiro atoms. The quantitative estimate of drug-likeness (QED) is 0.768. The fourth-order valence-electron chi connectivity index (χ4n) is 2.84. The molecule has 2 amide bonds. The van der Waals surface area contributed by atoms with Gasteiger partial charge in [-0.05, 0) is 45.4 Å². The molecule has 2 N–H and O–H groups in total. The summed E-state index contributed by atoms with van der Waals surface area (Å²) >= 11 is 0. The third kappa shape index (κ3) is 3.82. The number of carbonyl (C=O) groups excluding carboxylic acids is 2. The van der Waals surface area contributed by atoms with E-state index in [1.54, 1.807) is 0 Å². The number of hydrogen-bond acceptors (Lipinski definition) is 2. The lowest BCUT2D eigenvalue weighted by atomic mass is 9.92. The standard InChI is InChI=1S/C15H26N2O2/c1-7-12-9-15(8-10(12)2,16-11(3)18)13(19)17-14(4,5)6/h7,10,12H,1,8-9H2,2-6H3,(H,16,18)(H,17,19)/t10-,12-,15-/m0/s1. The molecular weight excluding hydrogens is 240 g/mol. The van der Waals surface area contributed by atoms with E-state index in [1.165, 1.54) is 6.92 Å². The number of carbonyl (C=O) groups is 2. The molecule has 0 aromatic rings. The van der Waals surface area contributed by atoms with Crippen molar-refractivity contribution in [3.8, 4) is 0 Å². The molecule has 1 aliphatic rings. The second-order valence-corrected chi connectivity index (χ2v) is 6.75. The molecule has 1 aliphatic carbocycles. The highest BCUT2D eigenvalue weighted by Gasteiger charge is 2.49. The fraction of sp³-hybridized carbons (Fsp3) is 0.733. The molecule has 3 atom stereocenters. The number of allylic oxidation sites excluding steroid dienone is 1. The van der Waals surface area contributed by atoms with Crippen LogP contribution in [-0.2, 0) is 9.59 Å². The zero-order valence-electron chi connectivity index (χ0n) is 12.7. The Morgan fingerprint density at radius 1 is 1.32 bits per heavy atom. The van der Waals surface area contributed by atoms with Crippen molar-refractivity contribution >= 4 is 11.8 Å². The van der Waals surface area contributed by atoms with Crippen LogP contribution in [0.3, 0.4) is 0 Å². The first-order valence-corrected chi connectivity index (χ1v) is 6.83. The molecule has 0 aliphatic heterocycles. The van der Waals surface area contributed by atoms with Gasteiger partial charge in [0.05, 0.1) is 0 Å². The molecule has 0 bridgehead atoms. The van der Waals surface area contributed by atoms with E-state index in [0.717, 1.165) is 0 Å². The third-order valence-corrected chi connectivity index (χ3v) is 3.63. The van der Waals surface area contributed by atoms with Crippen molar-refractivity contribution in [2.75, 3.05) is 0 Å². The average molecular weight is 266 g/mol. The highest BCUT2D eigenvalue weighted by molar-refractivity contribution is 5.91. The van der Waals surface area contributed by atoms with Crippen LogP contribution in [0.2, 0.25) is 0 Å². The first-order chi connectivity index (χ1) is 8.59. The fourth-order valence-corrected chi connectivity index (χ4v) is 2.84. The van der Waals surface area contributed by atoms with Gasteiger partial charge in [0.15, 0.2) is 0 Å². The molecular formula is C15H26N2O2. The van der Waals surface area contributed by atoms with Gasteiger partial charge in [-0.1, -0.05) is 13.0 Å². The minimum absolute atomic E-state index is 0.0913. The Morgan fingerprint density at radius 2 is 1.89 bits per heavy atom. The van der Waals surface area contributed by atoms with Crippen LogP contribution in [-0.4, -0.2) is 22.9 Å². The van der Waals surface area contributed by atoms with Crippen molar-refractivity contribution < 1.29 is 9.59 Å². The van der Waals surface area contributed by atoms with Crippen LogP contribution < -0.4 is 10.6 Å². The molecule has 0 saturated heterocycles. The van der Waals surface area contributed by atoms with Crippen molar-refractivity contribution in [2.24, 2.45) is 11.8 Å². The summed E-state index contributed by atoms with van der Waals surface area (Å²) in [6.07, 6.45) is 3.17. The van der Waals surface area contributed by atoms with Crippen LogP contribution in [0.15, 0.2) is 12.7 Å². The predicted molar refractivity (Wildman–Crippen MR) is 76.5 cm³/mol. The normalized spacial score (nSPS) is 30.8. The zero-order valence-corrected chi connectivity index (χ0v) is 12.7. The third-order valence-electron chi connectivity index (χ3n) is 3.63. The van der Waals surface area contributed by atoms with E-state index < -0.39 is 5.54 Å². The Hall–Kier alpha value is -1.32. The summed E-state index contributed by atoms with van der Waals surface area (Å²) < 4.78 is 0. The lowest BCUT2D eigenvalue weighted by Crippen LogP contribution is -2.60. The first-order valence-electron chi connectivity index (χ1n) is 6.83. The summed E-state index contributed by atoms with van der Waals surface area (Å²) in [5, 5.41) is 5.86. The van der Waals surface area contributed by atoms with Crippen LogP contribution >= 0.6 is 0 Å². The SMILES string of the molecule is C=C[C@H]1C[C@](NC(C)=O)(C(=O)NC(C)(C)C)C[C@@H]1C. The maximum absolute atomic E-state index is 12.6. The van der Waals surface area contributed by atoms with Gasteiger partial charge in [0.1, 0.15) is 5.54 Å². The molecule has 4 heteroatoms. The van der Waals surface area contributed by atoms with E-state index in [-0.39, 0.29) is 23.3 Å². The lowest BCUT2D eigenvalue weighted by molar-refractivity contribution is -0.134. The molecule has 0 heterocycles. The van der Waals surface area contributed by atoms with Crippen LogP contribution in [0.25, 0.3) is 0 Å². The Balaban J connectivity index is 2.98. The first kappa shape index (κ1) is 15.7. The molecule has 108 valence electrons. The largest absolute Gasteiger partial charge is 0.349 e. The Kier molecular flexibility index (Phi) is 4.43. The van der Waals surface area contributed by atoms with Crippen LogP contribution in [0.5, 0.6) is 0 Å². The van der Waals surface area contributed by atoms with Gasteiger partial charge in [-0.3, -0.25) is 9.59 Å². The van der Waals surface area contributed by atoms with E-state index in [4.69, 9.17) is 0 Å². The topological polar surface area (TPSA) is 58.2 Å². The molecule has 19 heavy (non-hydrogen) atoms. The lowest BCUT2D eigenvalue weighted by Gasteiger charge is -2.33. The van der Waals surface area contributed by atoms with E-state index in [2.05, 4.69) is 24.1 Å². The van der Waals surface area contributed by atoms with Crippen molar-refractivity contribution in [3.63, 3.8) is 0 Å². The van der Waals surface area contributed by atoms with E-state index >= 15 is 0 Å². The van der Waals surface area contributed by atoms with E-state index in [0.29, 0.717) is 18.8 Å². The number of amides is 2. The van der Waals surface area contributed by atoms with E-state index in [1.807, 2.05) is 26.8 Å². The summed E-state index contributed by atoms with van der Waals surface area (Å²) in [7, 11) is 0. The molecule has 0 radical (unpaired) electrons. The van der Waals surface area contributed by atoms with E-state index in [9.17, 15) is 9.59 Å². The summed E-state index contributed by atoms with van der Waals surface area (Å²) in [6.45, 7) is 13.2. The smallest absolute Gasteiger partial charge is 0.246 e. The summed E-state index contributed by atoms with van der Waals surface area (Å²) in [4.78, 5) is 24.0. The van der Waals surface area contributed by atoms with Crippen molar-refractivity contribution in [2.45, 2.75) is 58.5 Å². The highest BCUT2D eigenvalue weighted by Crippen LogP contribution is 2.40. The monoisotopic (exact) mass is 266 g/mol. The van der Waals surface area contributed by atoms with Crippen LogP contribution in [0.4, 0.5) is 0 Å². The second-order valence-electron chi connectivity index (χ2n) is 6.75. The molecule has 4 nitrogen and oxygen atoms in total. The molecule has 0 aromatic heterocycles. The predicted octanol–water partition coefficient (Wildman–Crippen LogP) is 2.01. The molecule has 0 aromatic carbocycles. The Morgan fingerprint density at radius 3 is 2.26 bits per heavy atom. The van der Waals surface area contributed by atoms with Crippen LogP contribution in [0.1, 0.15) is 47.5 Å². The van der Waals surface area contributed by atoms with Gasteiger partial charge in [0.2, 0.25) is 11.8 Å². The Labute approximate surface area is 116 Å². The van der Waals surface area contributed by atoms with Crippen molar-refractivity contribution in [3.05, 3.63) is 12.7 Å². The minimum Gasteiger partial charge on any atom is -0.349 e. The molecule has 0 unspecified atom stereocenters. The van der Waals surface area contributed by atoms with Crippen LogP contribution in [0, 0.1) is 11.8 Å². The molecule has 1 saturated carbocycles. The van der Waals surface area contributed by atoms with Gasteiger partial charge in [0.25, 0.3) is 0 Å². The van der Waals surface area contributed by atoms with Gasteiger partial charge in [0, 0.05) is 12.5 Å². The molecule has 1 rings (SSSR count). The minimum atomic E-state index is -0.794. The van der Waals surface area contributed by atoms with Gasteiger partial charge < -0.3 is 10.6 Å². The number of rotatable bonds is 3.